The lowest BCUT2D eigenvalue weighted by Crippen LogP contribution is -2.55. The van der Waals surface area contributed by atoms with Gasteiger partial charge >= 0.3 is 0 Å². The molecule has 0 radical (unpaired) electrons. The van der Waals surface area contributed by atoms with Crippen LogP contribution >= 0.6 is 0 Å². The molecule has 1 atom stereocenters. The van der Waals surface area contributed by atoms with Crippen LogP contribution in [0.5, 0.6) is 0 Å². The SMILES string of the molecule is CC(C)NC(C)(CCCCOCCC(C)(C)C)C(N)=O. The third kappa shape index (κ3) is 9.32. The van der Waals surface area contributed by atoms with E-state index in [0.717, 1.165) is 38.9 Å². The quantitative estimate of drug-likeness (QED) is 0.607. The monoisotopic (exact) mass is 286 g/mol. The number of primary amides is 1. The van der Waals surface area contributed by atoms with E-state index >= 15 is 0 Å². The number of nitrogens with one attached hydrogen (secondary N) is 1. The first-order valence-electron chi connectivity index (χ1n) is 7.72. The predicted octanol–water partition coefficient (Wildman–Crippen LogP) is 2.85. The molecule has 0 heterocycles. The van der Waals surface area contributed by atoms with E-state index in [1.807, 2.05) is 20.8 Å². The van der Waals surface area contributed by atoms with Crippen molar-refractivity contribution in [3.8, 4) is 0 Å². The molecule has 4 heteroatoms. The molecule has 4 nitrogen and oxygen atoms in total. The van der Waals surface area contributed by atoms with Crippen LogP contribution in [0, 0.1) is 5.41 Å². The Hall–Kier alpha value is -0.610. The van der Waals surface area contributed by atoms with Gasteiger partial charge in [-0.25, -0.2) is 0 Å². The molecule has 0 aromatic carbocycles. The van der Waals surface area contributed by atoms with Gasteiger partial charge in [0.15, 0.2) is 0 Å². The maximum atomic E-state index is 11.6. The second kappa shape index (κ2) is 8.63. The van der Waals surface area contributed by atoms with Crippen molar-refractivity contribution in [1.82, 2.24) is 5.32 Å². The van der Waals surface area contributed by atoms with E-state index in [4.69, 9.17) is 10.5 Å². The van der Waals surface area contributed by atoms with Gasteiger partial charge in [-0.2, -0.15) is 0 Å². The van der Waals surface area contributed by atoms with Gasteiger partial charge in [-0.15, -0.1) is 0 Å². The van der Waals surface area contributed by atoms with Crippen molar-refractivity contribution in [2.24, 2.45) is 11.1 Å². The molecule has 0 saturated heterocycles. The van der Waals surface area contributed by atoms with E-state index in [-0.39, 0.29) is 11.9 Å². The summed E-state index contributed by atoms with van der Waals surface area (Å²) in [5, 5.41) is 3.26. The Morgan fingerprint density at radius 3 is 2.15 bits per heavy atom. The van der Waals surface area contributed by atoms with E-state index < -0.39 is 5.54 Å². The van der Waals surface area contributed by atoms with Gasteiger partial charge in [0.05, 0.1) is 5.54 Å². The van der Waals surface area contributed by atoms with Gasteiger partial charge in [0.2, 0.25) is 5.91 Å². The summed E-state index contributed by atoms with van der Waals surface area (Å²) in [5.41, 5.74) is 5.21. The molecule has 0 saturated carbocycles. The minimum atomic E-state index is -0.612. The number of rotatable bonds is 10. The Kier molecular flexibility index (Phi) is 8.36. The lowest BCUT2D eigenvalue weighted by Gasteiger charge is -2.29. The number of nitrogens with two attached hydrogens (primary N) is 1. The fourth-order valence-corrected chi connectivity index (χ4v) is 2.07. The van der Waals surface area contributed by atoms with Crippen LogP contribution in [0.4, 0.5) is 0 Å². The smallest absolute Gasteiger partial charge is 0.237 e. The van der Waals surface area contributed by atoms with Crippen LogP contribution in [0.15, 0.2) is 0 Å². The maximum absolute atomic E-state index is 11.6. The van der Waals surface area contributed by atoms with Crippen LogP contribution in [0.2, 0.25) is 0 Å². The number of hydrogen-bond acceptors (Lipinski definition) is 3. The van der Waals surface area contributed by atoms with Crippen LogP contribution in [0.1, 0.15) is 67.2 Å². The second-order valence-electron chi connectivity index (χ2n) is 7.38. The highest BCUT2D eigenvalue weighted by Gasteiger charge is 2.30. The molecule has 0 aliphatic heterocycles. The number of ether oxygens (including phenoxy) is 1. The lowest BCUT2D eigenvalue weighted by atomic mass is 9.93. The summed E-state index contributed by atoms with van der Waals surface area (Å²) >= 11 is 0. The standard InChI is InChI=1S/C16H34N2O2/c1-13(2)18-16(6,14(17)19)9-7-8-11-20-12-10-15(3,4)5/h13,18H,7-12H2,1-6H3,(H2,17,19). The molecule has 0 rings (SSSR count). The molecule has 20 heavy (non-hydrogen) atoms. The molecule has 120 valence electrons. The van der Waals surface area contributed by atoms with Crippen LogP contribution < -0.4 is 11.1 Å². The van der Waals surface area contributed by atoms with E-state index in [1.54, 1.807) is 0 Å². The number of hydrogen-bond donors (Lipinski definition) is 2. The first-order chi connectivity index (χ1) is 9.07. The highest BCUT2D eigenvalue weighted by Crippen LogP contribution is 2.18. The van der Waals surface area contributed by atoms with E-state index in [0.29, 0.717) is 5.41 Å². The Labute approximate surface area is 124 Å². The summed E-state index contributed by atoms with van der Waals surface area (Å²) in [7, 11) is 0. The third-order valence-corrected chi connectivity index (χ3v) is 3.36. The zero-order chi connectivity index (χ0) is 15.8. The number of unbranched alkanes of at least 4 members (excludes halogenated alkanes) is 1. The third-order valence-electron chi connectivity index (χ3n) is 3.36. The van der Waals surface area contributed by atoms with Gasteiger partial charge in [0.25, 0.3) is 0 Å². The molecule has 0 aromatic heterocycles. The van der Waals surface area contributed by atoms with Crippen molar-refractivity contribution in [3.05, 3.63) is 0 Å². The highest BCUT2D eigenvalue weighted by molar-refractivity contribution is 5.84. The summed E-state index contributed by atoms with van der Waals surface area (Å²) in [5.74, 6) is -0.278. The molecule has 0 aliphatic rings. The summed E-state index contributed by atoms with van der Waals surface area (Å²) in [6.45, 7) is 14.1. The average Bonchev–Trinajstić information content (AvgIpc) is 2.25. The van der Waals surface area contributed by atoms with Crippen molar-refractivity contribution in [1.29, 1.82) is 0 Å². The molecular weight excluding hydrogens is 252 g/mol. The first-order valence-corrected chi connectivity index (χ1v) is 7.72. The summed E-state index contributed by atoms with van der Waals surface area (Å²) in [4.78, 5) is 11.6. The molecule has 0 spiro atoms. The maximum Gasteiger partial charge on any atom is 0.237 e. The zero-order valence-electron chi connectivity index (χ0n) is 14.2. The van der Waals surface area contributed by atoms with Gasteiger partial charge in [-0.1, -0.05) is 20.8 Å². The molecular formula is C16H34N2O2. The topological polar surface area (TPSA) is 64.3 Å². The number of carbonyl (C=O) groups excluding carboxylic acids is 1. The van der Waals surface area contributed by atoms with Crippen molar-refractivity contribution in [2.45, 2.75) is 78.8 Å². The average molecular weight is 286 g/mol. The Balaban J connectivity index is 3.83. The minimum Gasteiger partial charge on any atom is -0.381 e. The van der Waals surface area contributed by atoms with Crippen LogP contribution in [0.25, 0.3) is 0 Å². The van der Waals surface area contributed by atoms with Gasteiger partial charge in [0.1, 0.15) is 0 Å². The van der Waals surface area contributed by atoms with E-state index in [2.05, 4.69) is 26.1 Å². The van der Waals surface area contributed by atoms with Gasteiger partial charge < -0.3 is 15.8 Å². The minimum absolute atomic E-state index is 0.246. The Morgan fingerprint density at radius 2 is 1.70 bits per heavy atom. The first kappa shape index (κ1) is 19.4. The largest absolute Gasteiger partial charge is 0.381 e. The van der Waals surface area contributed by atoms with E-state index in [9.17, 15) is 4.79 Å². The van der Waals surface area contributed by atoms with Crippen molar-refractivity contribution >= 4 is 5.91 Å². The normalized spacial score (nSPS) is 15.3. The van der Waals surface area contributed by atoms with Gasteiger partial charge in [-0.05, 0) is 51.9 Å². The zero-order valence-corrected chi connectivity index (χ0v) is 14.2. The molecule has 3 N–H and O–H groups in total. The summed E-state index contributed by atoms with van der Waals surface area (Å²) in [6, 6.07) is 0.246. The molecule has 1 unspecified atom stereocenters. The molecule has 0 aromatic rings. The lowest BCUT2D eigenvalue weighted by molar-refractivity contribution is -0.124. The Bertz CT molecular complexity index is 285. The highest BCUT2D eigenvalue weighted by atomic mass is 16.5. The summed E-state index contributed by atoms with van der Waals surface area (Å²) < 4.78 is 5.63. The van der Waals surface area contributed by atoms with Crippen molar-refractivity contribution < 1.29 is 9.53 Å². The fourth-order valence-electron chi connectivity index (χ4n) is 2.07. The van der Waals surface area contributed by atoms with Gasteiger partial charge in [0, 0.05) is 19.3 Å². The number of amides is 1. The van der Waals surface area contributed by atoms with Crippen LogP contribution in [0.3, 0.4) is 0 Å². The molecule has 0 aliphatic carbocycles. The summed E-state index contributed by atoms with van der Waals surface area (Å²) in [6.07, 6.45) is 3.73. The molecule has 0 fully saturated rings. The van der Waals surface area contributed by atoms with E-state index in [1.165, 1.54) is 0 Å². The van der Waals surface area contributed by atoms with Crippen LogP contribution in [-0.2, 0) is 9.53 Å². The number of carbonyl (C=O) groups is 1. The molecule has 1 amide bonds. The predicted molar refractivity (Wildman–Crippen MR) is 84.6 cm³/mol. The second-order valence-corrected chi connectivity index (χ2v) is 7.38. The van der Waals surface area contributed by atoms with Crippen molar-refractivity contribution in [3.63, 3.8) is 0 Å². The Morgan fingerprint density at radius 1 is 1.10 bits per heavy atom. The fraction of sp³-hybridized carbons (Fsp3) is 0.938. The van der Waals surface area contributed by atoms with Crippen LogP contribution in [-0.4, -0.2) is 30.7 Å². The van der Waals surface area contributed by atoms with Gasteiger partial charge in [-0.3, -0.25) is 4.79 Å². The van der Waals surface area contributed by atoms with Crippen molar-refractivity contribution in [2.75, 3.05) is 13.2 Å². The molecule has 0 bridgehead atoms.